The second-order valence-electron chi connectivity index (χ2n) is 3.18. The number of aromatic nitrogens is 1. The lowest BCUT2D eigenvalue weighted by atomic mass is 10.1. The molecule has 1 aromatic rings. The second-order valence-corrected chi connectivity index (χ2v) is 4.10. The molecule has 0 unspecified atom stereocenters. The van der Waals surface area contributed by atoms with Crippen molar-refractivity contribution in [2.24, 2.45) is 0 Å². The number of rotatable bonds is 3. The van der Waals surface area contributed by atoms with E-state index in [0.717, 1.165) is 6.20 Å². The van der Waals surface area contributed by atoms with Crippen molar-refractivity contribution >= 4 is 21.7 Å². The SMILES string of the molecule is O=C(Cc1cncc(Br)c1)C(F)(F)C(F)(F)F. The number of nitrogens with zero attached hydrogens (tertiary/aromatic N) is 1. The predicted molar refractivity (Wildman–Crippen MR) is 51.6 cm³/mol. The van der Waals surface area contributed by atoms with E-state index in [4.69, 9.17) is 0 Å². The second kappa shape index (κ2) is 4.67. The Bertz CT molecular complexity index is 432. The molecule has 0 fully saturated rings. The zero-order chi connectivity index (χ0) is 13.3. The summed E-state index contributed by atoms with van der Waals surface area (Å²) in [7, 11) is 0. The smallest absolute Gasteiger partial charge is 0.292 e. The lowest BCUT2D eigenvalue weighted by Gasteiger charge is -2.17. The number of carbonyl (C=O) groups is 1. The number of pyridine rings is 1. The van der Waals surface area contributed by atoms with Crippen molar-refractivity contribution in [3.05, 3.63) is 28.5 Å². The molecular weight excluding hydrogens is 313 g/mol. The molecule has 0 saturated heterocycles. The Morgan fingerprint density at radius 1 is 1.24 bits per heavy atom. The first kappa shape index (κ1) is 14.0. The van der Waals surface area contributed by atoms with Crippen LogP contribution in [0.2, 0.25) is 0 Å². The van der Waals surface area contributed by atoms with Crippen molar-refractivity contribution in [2.75, 3.05) is 0 Å². The lowest BCUT2D eigenvalue weighted by molar-refractivity contribution is -0.268. The van der Waals surface area contributed by atoms with Crippen LogP contribution in [0.15, 0.2) is 22.9 Å². The Morgan fingerprint density at radius 2 is 1.82 bits per heavy atom. The van der Waals surface area contributed by atoms with E-state index in [-0.39, 0.29) is 5.56 Å². The van der Waals surface area contributed by atoms with Crippen LogP contribution in [-0.2, 0) is 11.2 Å². The van der Waals surface area contributed by atoms with Crippen molar-refractivity contribution in [1.82, 2.24) is 4.98 Å². The van der Waals surface area contributed by atoms with E-state index < -0.39 is 24.3 Å². The van der Waals surface area contributed by atoms with Gasteiger partial charge in [0.1, 0.15) is 0 Å². The number of ketones is 1. The summed E-state index contributed by atoms with van der Waals surface area (Å²) in [6.07, 6.45) is -4.53. The van der Waals surface area contributed by atoms with Gasteiger partial charge < -0.3 is 0 Å². The molecule has 2 nitrogen and oxygen atoms in total. The maximum Gasteiger partial charge on any atom is 0.461 e. The van der Waals surface area contributed by atoms with Crippen molar-refractivity contribution in [1.29, 1.82) is 0 Å². The zero-order valence-electron chi connectivity index (χ0n) is 8.06. The van der Waals surface area contributed by atoms with E-state index in [0.29, 0.717) is 4.47 Å². The van der Waals surface area contributed by atoms with E-state index in [1.54, 1.807) is 0 Å². The largest absolute Gasteiger partial charge is 0.461 e. The fourth-order valence-corrected chi connectivity index (χ4v) is 1.42. The van der Waals surface area contributed by atoms with E-state index in [1.165, 1.54) is 12.3 Å². The van der Waals surface area contributed by atoms with Crippen molar-refractivity contribution < 1.29 is 26.7 Å². The monoisotopic (exact) mass is 317 g/mol. The van der Waals surface area contributed by atoms with E-state index >= 15 is 0 Å². The van der Waals surface area contributed by atoms with Gasteiger partial charge in [0.25, 0.3) is 0 Å². The third kappa shape index (κ3) is 3.21. The average Bonchev–Trinajstić information content (AvgIpc) is 2.15. The van der Waals surface area contributed by atoms with Crippen LogP contribution in [0.4, 0.5) is 22.0 Å². The van der Waals surface area contributed by atoms with Gasteiger partial charge in [0.2, 0.25) is 5.78 Å². The highest BCUT2D eigenvalue weighted by Gasteiger charge is 2.62. The summed E-state index contributed by atoms with van der Waals surface area (Å²) in [5.41, 5.74) is -0.0201. The first-order valence-corrected chi connectivity index (χ1v) is 5.01. The maximum absolute atomic E-state index is 12.6. The van der Waals surface area contributed by atoms with Gasteiger partial charge in [-0.25, -0.2) is 0 Å². The van der Waals surface area contributed by atoms with Crippen LogP contribution in [0.5, 0.6) is 0 Å². The molecule has 94 valence electrons. The molecule has 0 bridgehead atoms. The van der Waals surface area contributed by atoms with Gasteiger partial charge in [-0.1, -0.05) is 0 Å². The standard InChI is InChI=1S/C9H5BrF5NO/c10-6-1-5(3-16-4-6)2-7(17)8(11,12)9(13,14)15/h1,3-4H,2H2. The molecule has 1 aromatic heterocycles. The first-order chi connectivity index (χ1) is 7.64. The first-order valence-electron chi connectivity index (χ1n) is 4.22. The molecular formula is C9H5BrF5NO. The summed E-state index contributed by atoms with van der Waals surface area (Å²) in [5.74, 6) is -7.54. The lowest BCUT2D eigenvalue weighted by Crippen LogP contribution is -2.44. The van der Waals surface area contributed by atoms with Gasteiger partial charge in [0.05, 0.1) is 0 Å². The molecule has 0 radical (unpaired) electrons. The highest BCUT2D eigenvalue weighted by molar-refractivity contribution is 9.10. The average molecular weight is 318 g/mol. The molecule has 0 aromatic carbocycles. The highest BCUT2D eigenvalue weighted by atomic mass is 79.9. The number of hydrogen-bond acceptors (Lipinski definition) is 2. The number of hydrogen-bond donors (Lipinski definition) is 0. The normalized spacial score (nSPS) is 12.6. The van der Waals surface area contributed by atoms with Crippen molar-refractivity contribution in [2.45, 2.75) is 18.5 Å². The fourth-order valence-electron chi connectivity index (χ4n) is 1.01. The van der Waals surface area contributed by atoms with Crippen LogP contribution in [0.25, 0.3) is 0 Å². The molecule has 8 heteroatoms. The Morgan fingerprint density at radius 3 is 2.29 bits per heavy atom. The minimum Gasteiger partial charge on any atom is -0.292 e. The maximum atomic E-state index is 12.6. The molecule has 17 heavy (non-hydrogen) atoms. The minimum absolute atomic E-state index is 0.0201. The van der Waals surface area contributed by atoms with Gasteiger partial charge in [0, 0.05) is 23.3 Å². The zero-order valence-corrected chi connectivity index (χ0v) is 9.65. The Kier molecular flexibility index (Phi) is 3.85. The van der Waals surface area contributed by atoms with E-state index in [1.807, 2.05) is 0 Å². The van der Waals surface area contributed by atoms with E-state index in [9.17, 15) is 26.7 Å². The van der Waals surface area contributed by atoms with Crippen molar-refractivity contribution in [3.63, 3.8) is 0 Å². The van der Waals surface area contributed by atoms with Gasteiger partial charge in [-0.2, -0.15) is 22.0 Å². The summed E-state index contributed by atoms with van der Waals surface area (Å²) in [6.45, 7) is 0. The molecule has 1 rings (SSSR count). The van der Waals surface area contributed by atoms with Crippen LogP contribution < -0.4 is 0 Å². The van der Waals surface area contributed by atoms with Gasteiger partial charge in [-0.05, 0) is 27.6 Å². The number of alkyl halides is 5. The molecule has 0 N–H and O–H groups in total. The molecule has 0 aliphatic rings. The molecule has 0 amide bonds. The van der Waals surface area contributed by atoms with Crippen LogP contribution >= 0.6 is 15.9 Å². The number of carbonyl (C=O) groups excluding carboxylic acids is 1. The Balaban J connectivity index is 2.87. The predicted octanol–water partition coefficient (Wildman–Crippen LogP) is 3.15. The summed E-state index contributed by atoms with van der Waals surface area (Å²) in [5, 5.41) is 0. The van der Waals surface area contributed by atoms with Gasteiger partial charge >= 0.3 is 12.1 Å². The van der Waals surface area contributed by atoms with Crippen LogP contribution in [0.3, 0.4) is 0 Å². The van der Waals surface area contributed by atoms with Gasteiger partial charge in [0.15, 0.2) is 0 Å². The molecule has 0 atom stereocenters. The third-order valence-corrected chi connectivity index (χ3v) is 2.27. The number of Topliss-reactive ketones (excluding diaryl/α,β-unsaturated/α-hetero) is 1. The third-order valence-electron chi connectivity index (χ3n) is 1.83. The van der Waals surface area contributed by atoms with Crippen LogP contribution in [0, 0.1) is 0 Å². The van der Waals surface area contributed by atoms with Crippen LogP contribution in [-0.4, -0.2) is 22.9 Å². The quantitative estimate of drug-likeness (QED) is 0.802. The summed E-state index contributed by atoms with van der Waals surface area (Å²) < 4.78 is 61.2. The number of halogens is 6. The fraction of sp³-hybridized carbons (Fsp3) is 0.333. The molecule has 0 saturated carbocycles. The minimum atomic E-state index is -5.87. The highest BCUT2D eigenvalue weighted by Crippen LogP contribution is 2.36. The molecule has 0 aliphatic heterocycles. The van der Waals surface area contributed by atoms with Crippen LogP contribution in [0.1, 0.15) is 5.56 Å². The van der Waals surface area contributed by atoms with E-state index in [2.05, 4.69) is 20.9 Å². The molecule has 1 heterocycles. The molecule has 0 aliphatic carbocycles. The summed E-state index contributed by atoms with van der Waals surface area (Å²) >= 11 is 2.96. The summed E-state index contributed by atoms with van der Waals surface area (Å²) in [6, 6.07) is 1.25. The Hall–Kier alpha value is -1.05. The van der Waals surface area contributed by atoms with Gasteiger partial charge in [-0.3, -0.25) is 9.78 Å². The summed E-state index contributed by atoms with van der Waals surface area (Å²) in [4.78, 5) is 14.4. The molecule has 0 spiro atoms. The van der Waals surface area contributed by atoms with Crippen molar-refractivity contribution in [3.8, 4) is 0 Å². The topological polar surface area (TPSA) is 30.0 Å². The Labute approximate surface area is 101 Å². The van der Waals surface area contributed by atoms with Gasteiger partial charge in [-0.15, -0.1) is 0 Å².